The third-order valence-corrected chi connectivity index (χ3v) is 6.64. The average Bonchev–Trinajstić information content (AvgIpc) is 2.91. The fourth-order valence-electron chi connectivity index (χ4n) is 4.43. The molecule has 1 unspecified atom stereocenters. The molecule has 2 aromatic carbocycles. The van der Waals surface area contributed by atoms with Crippen LogP contribution in [0.15, 0.2) is 36.7 Å². The van der Waals surface area contributed by atoms with Gasteiger partial charge in [-0.2, -0.15) is 0 Å². The fourth-order valence-corrected chi connectivity index (χ4v) is 4.61. The van der Waals surface area contributed by atoms with Gasteiger partial charge in [-0.1, -0.05) is 11.6 Å². The normalized spacial score (nSPS) is 18.8. The van der Waals surface area contributed by atoms with Crippen LogP contribution in [0.1, 0.15) is 12.8 Å². The lowest BCUT2D eigenvalue weighted by molar-refractivity contribution is -0.147. The second-order valence-electron chi connectivity index (χ2n) is 8.70. The molecule has 3 aromatic rings. The first-order valence-corrected chi connectivity index (χ1v) is 12.2. The molecule has 0 aliphatic carbocycles. The molecular weight excluding hydrogens is 489 g/mol. The molecule has 2 fully saturated rings. The summed E-state index contributed by atoms with van der Waals surface area (Å²) in [5.41, 5.74) is 1.25. The summed E-state index contributed by atoms with van der Waals surface area (Å²) < 4.78 is 31.1. The second-order valence-corrected chi connectivity index (χ2v) is 9.11. The van der Waals surface area contributed by atoms with Gasteiger partial charge in [0.05, 0.1) is 24.3 Å². The molecule has 3 heterocycles. The first kappa shape index (κ1) is 24.5. The highest BCUT2D eigenvalue weighted by Gasteiger charge is 2.31. The van der Waals surface area contributed by atoms with E-state index in [-0.39, 0.29) is 17.0 Å². The van der Waals surface area contributed by atoms with Gasteiger partial charge in [0.2, 0.25) is 0 Å². The van der Waals surface area contributed by atoms with Crippen LogP contribution in [0.4, 0.5) is 15.9 Å². The molecule has 0 radical (unpaired) electrons. The second kappa shape index (κ2) is 10.8. The van der Waals surface area contributed by atoms with Gasteiger partial charge >= 0.3 is 0 Å². The molecule has 36 heavy (non-hydrogen) atoms. The van der Waals surface area contributed by atoms with Crippen LogP contribution in [0.25, 0.3) is 10.9 Å². The molecular formula is C25H27ClFN5O4. The SMILES string of the molecule is COc1cc2ncnc(Nc3ccc(F)c(Cl)c3)c2cc1OC1CCN(C(=O)C2CNCCO2)CC1. The van der Waals surface area contributed by atoms with Gasteiger partial charge in [0, 0.05) is 56.2 Å². The number of nitrogens with zero attached hydrogens (tertiary/aromatic N) is 3. The molecule has 5 rings (SSSR count). The number of nitrogens with one attached hydrogen (secondary N) is 2. The van der Waals surface area contributed by atoms with Crippen molar-refractivity contribution in [3.63, 3.8) is 0 Å². The Kier molecular flexibility index (Phi) is 7.35. The van der Waals surface area contributed by atoms with Crippen molar-refractivity contribution >= 4 is 39.9 Å². The number of benzene rings is 2. The minimum atomic E-state index is -0.495. The first-order valence-electron chi connectivity index (χ1n) is 11.8. The number of aromatic nitrogens is 2. The zero-order chi connectivity index (χ0) is 25.1. The van der Waals surface area contributed by atoms with Crippen molar-refractivity contribution in [1.29, 1.82) is 0 Å². The number of anilines is 2. The van der Waals surface area contributed by atoms with Crippen LogP contribution in [-0.2, 0) is 9.53 Å². The third-order valence-electron chi connectivity index (χ3n) is 6.35. The summed E-state index contributed by atoms with van der Waals surface area (Å²) in [7, 11) is 1.58. The van der Waals surface area contributed by atoms with E-state index in [1.54, 1.807) is 19.2 Å². The molecule has 11 heteroatoms. The van der Waals surface area contributed by atoms with Gasteiger partial charge in [-0.15, -0.1) is 0 Å². The summed E-state index contributed by atoms with van der Waals surface area (Å²) >= 11 is 5.93. The van der Waals surface area contributed by atoms with E-state index >= 15 is 0 Å². The Balaban J connectivity index is 1.31. The highest BCUT2D eigenvalue weighted by Crippen LogP contribution is 2.36. The number of fused-ring (bicyclic) bond motifs is 1. The monoisotopic (exact) mass is 515 g/mol. The van der Waals surface area contributed by atoms with Crippen molar-refractivity contribution in [2.24, 2.45) is 0 Å². The Hall–Kier alpha value is -3.21. The van der Waals surface area contributed by atoms with E-state index in [4.69, 9.17) is 25.8 Å². The number of ether oxygens (including phenoxy) is 3. The molecule has 1 aromatic heterocycles. The fraction of sp³-hybridized carbons (Fsp3) is 0.400. The Morgan fingerprint density at radius 1 is 1.22 bits per heavy atom. The van der Waals surface area contributed by atoms with E-state index in [2.05, 4.69) is 20.6 Å². The van der Waals surface area contributed by atoms with Crippen molar-refractivity contribution in [2.75, 3.05) is 45.2 Å². The van der Waals surface area contributed by atoms with Gasteiger partial charge in [-0.25, -0.2) is 14.4 Å². The maximum absolute atomic E-state index is 13.6. The lowest BCUT2D eigenvalue weighted by Gasteiger charge is -2.35. The predicted molar refractivity (Wildman–Crippen MR) is 134 cm³/mol. The summed E-state index contributed by atoms with van der Waals surface area (Å²) in [5.74, 6) is 1.17. The molecule has 0 saturated carbocycles. The van der Waals surface area contributed by atoms with Crippen LogP contribution < -0.4 is 20.1 Å². The van der Waals surface area contributed by atoms with Crippen molar-refractivity contribution in [3.8, 4) is 11.5 Å². The largest absolute Gasteiger partial charge is 0.493 e. The Morgan fingerprint density at radius 3 is 2.78 bits per heavy atom. The molecule has 2 saturated heterocycles. The van der Waals surface area contributed by atoms with Gasteiger partial charge in [0.1, 0.15) is 30.2 Å². The highest BCUT2D eigenvalue weighted by atomic mass is 35.5. The Bertz CT molecular complexity index is 1250. The lowest BCUT2D eigenvalue weighted by atomic mass is 10.1. The molecule has 2 N–H and O–H groups in total. The van der Waals surface area contributed by atoms with Crippen LogP contribution in [0, 0.1) is 5.82 Å². The molecule has 0 bridgehead atoms. The number of likely N-dealkylation sites (tertiary alicyclic amines) is 1. The summed E-state index contributed by atoms with van der Waals surface area (Å²) in [4.78, 5) is 23.3. The lowest BCUT2D eigenvalue weighted by Crippen LogP contribution is -2.52. The number of amides is 1. The third kappa shape index (κ3) is 5.30. The van der Waals surface area contributed by atoms with E-state index in [0.29, 0.717) is 73.0 Å². The van der Waals surface area contributed by atoms with Crippen molar-refractivity contribution in [2.45, 2.75) is 25.0 Å². The first-order chi connectivity index (χ1) is 17.5. The standard InChI is InChI=1S/C25H27ClFN5O4/c1-34-21-12-20-17(24(30-14-29-20)31-15-2-3-19(27)18(26)10-15)11-22(21)36-16-4-7-32(8-5-16)25(33)23-13-28-6-9-35-23/h2-3,10-12,14,16,23,28H,4-9,13H2,1H3,(H,29,30,31). The molecule has 9 nitrogen and oxygen atoms in total. The summed E-state index contributed by atoms with van der Waals surface area (Å²) in [6, 6.07) is 8.00. The minimum absolute atomic E-state index is 0.0141. The van der Waals surface area contributed by atoms with Gasteiger partial charge in [-0.3, -0.25) is 4.79 Å². The average molecular weight is 516 g/mol. The quantitative estimate of drug-likeness (QED) is 0.514. The van der Waals surface area contributed by atoms with E-state index in [1.165, 1.54) is 18.5 Å². The molecule has 2 aliphatic heterocycles. The minimum Gasteiger partial charge on any atom is -0.493 e. The number of hydrogen-bond acceptors (Lipinski definition) is 8. The van der Waals surface area contributed by atoms with E-state index in [9.17, 15) is 9.18 Å². The number of methoxy groups -OCH3 is 1. The number of halogens is 2. The van der Waals surface area contributed by atoms with Crippen molar-refractivity contribution in [1.82, 2.24) is 20.2 Å². The van der Waals surface area contributed by atoms with E-state index < -0.39 is 11.9 Å². The summed E-state index contributed by atoms with van der Waals surface area (Å²) in [5, 5.41) is 7.10. The molecule has 1 atom stereocenters. The molecule has 0 spiro atoms. The Morgan fingerprint density at radius 2 is 2.06 bits per heavy atom. The van der Waals surface area contributed by atoms with Gasteiger partial charge in [0.25, 0.3) is 5.91 Å². The van der Waals surface area contributed by atoms with Crippen LogP contribution in [0.2, 0.25) is 5.02 Å². The molecule has 2 aliphatic rings. The summed E-state index contributed by atoms with van der Waals surface area (Å²) in [6.07, 6.45) is 2.32. The molecule has 190 valence electrons. The topological polar surface area (TPSA) is 97.8 Å². The van der Waals surface area contributed by atoms with Gasteiger partial charge in [-0.05, 0) is 24.3 Å². The van der Waals surface area contributed by atoms with Crippen LogP contribution >= 0.6 is 11.6 Å². The predicted octanol–water partition coefficient (Wildman–Crippen LogP) is 3.53. The molecule has 1 amide bonds. The zero-order valence-electron chi connectivity index (χ0n) is 19.8. The van der Waals surface area contributed by atoms with E-state index in [0.717, 1.165) is 6.54 Å². The number of hydrogen-bond donors (Lipinski definition) is 2. The number of rotatable bonds is 6. The van der Waals surface area contributed by atoms with Gasteiger partial charge in [0.15, 0.2) is 11.5 Å². The zero-order valence-corrected chi connectivity index (χ0v) is 20.6. The number of carbonyl (C=O) groups excluding carboxylic acids is 1. The maximum Gasteiger partial charge on any atom is 0.253 e. The van der Waals surface area contributed by atoms with Gasteiger partial charge < -0.3 is 29.7 Å². The van der Waals surface area contributed by atoms with Crippen LogP contribution in [0.5, 0.6) is 11.5 Å². The van der Waals surface area contributed by atoms with Crippen LogP contribution in [0.3, 0.4) is 0 Å². The number of piperidine rings is 1. The van der Waals surface area contributed by atoms with Crippen LogP contribution in [-0.4, -0.2) is 72.9 Å². The maximum atomic E-state index is 13.6. The smallest absolute Gasteiger partial charge is 0.253 e. The highest BCUT2D eigenvalue weighted by molar-refractivity contribution is 6.31. The number of morpholine rings is 1. The Labute approximate surface area is 212 Å². The number of carbonyl (C=O) groups is 1. The van der Waals surface area contributed by atoms with E-state index in [1.807, 2.05) is 11.0 Å². The van der Waals surface area contributed by atoms with Crippen molar-refractivity contribution in [3.05, 3.63) is 47.5 Å². The van der Waals surface area contributed by atoms with Crippen molar-refractivity contribution < 1.29 is 23.4 Å². The summed E-state index contributed by atoms with van der Waals surface area (Å²) in [6.45, 7) is 3.06.